The Morgan fingerprint density at radius 3 is 1.76 bits per heavy atom. The summed E-state index contributed by atoms with van der Waals surface area (Å²) >= 11 is 3.57. The minimum absolute atomic E-state index is 0.0536. The van der Waals surface area contributed by atoms with Gasteiger partial charge in [-0.15, -0.1) is 0 Å². The van der Waals surface area contributed by atoms with Crippen LogP contribution in [0.25, 0.3) is 10.9 Å². The number of hydrogen-bond donors (Lipinski definition) is 1. The molecule has 37 heavy (non-hydrogen) atoms. The van der Waals surface area contributed by atoms with Crippen molar-refractivity contribution in [1.82, 2.24) is 4.98 Å². The second kappa shape index (κ2) is 11.3. The Labute approximate surface area is 223 Å². The van der Waals surface area contributed by atoms with Crippen molar-refractivity contribution in [2.75, 3.05) is 0 Å². The van der Waals surface area contributed by atoms with E-state index in [1.54, 1.807) is 0 Å². The van der Waals surface area contributed by atoms with Crippen molar-refractivity contribution < 1.29 is 19.4 Å². The highest BCUT2D eigenvalue weighted by Crippen LogP contribution is 2.41. The van der Waals surface area contributed by atoms with Gasteiger partial charge in [0.2, 0.25) is 0 Å². The molecule has 1 heterocycles. The zero-order chi connectivity index (χ0) is 25.6. The Morgan fingerprint density at radius 1 is 0.703 bits per heavy atom. The first-order chi connectivity index (χ1) is 18.1. The van der Waals surface area contributed by atoms with E-state index in [0.29, 0.717) is 45.5 Å². The molecule has 0 bridgehead atoms. The van der Waals surface area contributed by atoms with Crippen LogP contribution in [0.1, 0.15) is 32.7 Å². The average Bonchev–Trinajstić information content (AvgIpc) is 2.93. The fraction of sp³-hybridized carbons (Fsp3) is 0.0968. The predicted molar refractivity (Wildman–Crippen MR) is 147 cm³/mol. The monoisotopic (exact) mass is 553 g/mol. The molecule has 0 spiro atoms. The highest BCUT2D eigenvalue weighted by molar-refractivity contribution is 9.10. The van der Waals surface area contributed by atoms with Gasteiger partial charge < -0.3 is 14.6 Å². The lowest BCUT2D eigenvalue weighted by Gasteiger charge is -2.19. The summed E-state index contributed by atoms with van der Waals surface area (Å²) in [5.41, 5.74) is 3.84. The van der Waals surface area contributed by atoms with Crippen molar-refractivity contribution >= 4 is 32.8 Å². The standard InChI is InChI=1S/C31H24BrNO4/c32-26-17-16-24-27(30(26)37-20-23-14-8-3-9-15-23)33-28(31(34)35)25(18-21-10-4-1-5-11-21)29(24)36-19-22-12-6-2-7-13-22/h1-17H,18-20H2,(H,34,35). The maximum Gasteiger partial charge on any atom is 0.354 e. The Kier molecular flexibility index (Phi) is 7.47. The van der Waals surface area contributed by atoms with Crippen LogP contribution in [-0.4, -0.2) is 16.1 Å². The van der Waals surface area contributed by atoms with E-state index in [-0.39, 0.29) is 12.3 Å². The molecule has 5 nitrogen and oxygen atoms in total. The molecular formula is C31H24BrNO4. The van der Waals surface area contributed by atoms with Gasteiger partial charge in [0.15, 0.2) is 11.4 Å². The molecular weight excluding hydrogens is 530 g/mol. The van der Waals surface area contributed by atoms with Crippen LogP contribution in [0.4, 0.5) is 0 Å². The fourth-order valence-electron chi connectivity index (χ4n) is 4.19. The zero-order valence-corrected chi connectivity index (χ0v) is 21.5. The fourth-order valence-corrected chi connectivity index (χ4v) is 4.63. The molecule has 6 heteroatoms. The number of benzene rings is 4. The molecule has 5 rings (SSSR count). The van der Waals surface area contributed by atoms with Gasteiger partial charge >= 0.3 is 5.97 Å². The molecule has 0 radical (unpaired) electrons. The van der Waals surface area contributed by atoms with Crippen LogP contribution < -0.4 is 9.47 Å². The molecule has 5 aromatic rings. The number of rotatable bonds is 9. The minimum atomic E-state index is -1.12. The number of ether oxygens (including phenoxy) is 2. The van der Waals surface area contributed by atoms with Gasteiger partial charge in [0.25, 0.3) is 0 Å². The number of aromatic carboxylic acids is 1. The van der Waals surface area contributed by atoms with E-state index in [9.17, 15) is 9.90 Å². The summed E-state index contributed by atoms with van der Waals surface area (Å²) in [6, 6.07) is 33.1. The lowest BCUT2D eigenvalue weighted by atomic mass is 9.99. The molecule has 184 valence electrons. The maximum atomic E-state index is 12.5. The summed E-state index contributed by atoms with van der Waals surface area (Å²) in [5, 5.41) is 10.9. The maximum absolute atomic E-state index is 12.5. The van der Waals surface area contributed by atoms with E-state index in [1.165, 1.54) is 0 Å². The van der Waals surface area contributed by atoms with Gasteiger partial charge in [0.1, 0.15) is 24.5 Å². The first-order valence-corrected chi connectivity index (χ1v) is 12.6. The van der Waals surface area contributed by atoms with Gasteiger partial charge in [-0.3, -0.25) is 0 Å². The molecule has 0 unspecified atom stereocenters. The van der Waals surface area contributed by atoms with E-state index < -0.39 is 5.97 Å². The summed E-state index contributed by atoms with van der Waals surface area (Å²) in [7, 11) is 0. The van der Waals surface area contributed by atoms with Crippen LogP contribution >= 0.6 is 15.9 Å². The molecule has 1 N–H and O–H groups in total. The predicted octanol–water partition coefficient (Wildman–Crippen LogP) is 7.44. The van der Waals surface area contributed by atoms with Crippen LogP contribution in [0.2, 0.25) is 0 Å². The zero-order valence-electron chi connectivity index (χ0n) is 19.9. The molecule has 0 atom stereocenters. The number of halogens is 1. The van der Waals surface area contributed by atoms with Crippen molar-refractivity contribution in [3.05, 3.63) is 136 Å². The number of carboxylic acids is 1. The summed E-state index contributed by atoms with van der Waals surface area (Å²) in [6.45, 7) is 0.603. The molecule has 1 aromatic heterocycles. The lowest BCUT2D eigenvalue weighted by Crippen LogP contribution is -2.11. The molecule has 0 fully saturated rings. The Bertz CT molecular complexity index is 1520. The van der Waals surface area contributed by atoms with E-state index in [1.807, 2.05) is 103 Å². The second-order valence-corrected chi connectivity index (χ2v) is 9.41. The Balaban J connectivity index is 1.65. The first kappa shape index (κ1) is 24.5. The summed E-state index contributed by atoms with van der Waals surface area (Å²) in [5.74, 6) is -0.154. The van der Waals surface area contributed by atoms with Crippen molar-refractivity contribution in [3.63, 3.8) is 0 Å². The first-order valence-electron chi connectivity index (χ1n) is 11.9. The number of carboxylic acid groups (broad SMARTS) is 1. The summed E-state index contributed by atoms with van der Waals surface area (Å²) in [4.78, 5) is 17.1. The highest BCUT2D eigenvalue weighted by Gasteiger charge is 2.24. The van der Waals surface area contributed by atoms with Gasteiger partial charge in [0, 0.05) is 17.4 Å². The highest BCUT2D eigenvalue weighted by atomic mass is 79.9. The van der Waals surface area contributed by atoms with Gasteiger partial charge in [0.05, 0.1) is 4.47 Å². The Morgan fingerprint density at radius 2 is 1.22 bits per heavy atom. The third kappa shape index (κ3) is 5.65. The number of fused-ring (bicyclic) bond motifs is 1. The Hall–Kier alpha value is -4.16. The number of carbonyl (C=O) groups is 1. The van der Waals surface area contributed by atoms with Crippen molar-refractivity contribution in [2.24, 2.45) is 0 Å². The van der Waals surface area contributed by atoms with Crippen molar-refractivity contribution in [3.8, 4) is 11.5 Å². The normalized spacial score (nSPS) is 10.8. The van der Waals surface area contributed by atoms with Gasteiger partial charge in [-0.2, -0.15) is 0 Å². The summed E-state index contributed by atoms with van der Waals surface area (Å²) < 4.78 is 13.3. The van der Waals surface area contributed by atoms with Gasteiger partial charge in [-0.1, -0.05) is 91.0 Å². The van der Waals surface area contributed by atoms with Gasteiger partial charge in [-0.25, -0.2) is 9.78 Å². The van der Waals surface area contributed by atoms with E-state index in [0.717, 1.165) is 16.7 Å². The molecule has 4 aromatic carbocycles. The van der Waals surface area contributed by atoms with Crippen LogP contribution in [0.3, 0.4) is 0 Å². The number of nitrogens with zero attached hydrogens (tertiary/aromatic N) is 1. The number of aromatic nitrogens is 1. The van der Waals surface area contributed by atoms with E-state index in [2.05, 4.69) is 20.9 Å². The quantitative estimate of drug-likeness (QED) is 0.205. The van der Waals surface area contributed by atoms with Crippen molar-refractivity contribution in [2.45, 2.75) is 19.6 Å². The van der Waals surface area contributed by atoms with Crippen LogP contribution in [0, 0.1) is 0 Å². The van der Waals surface area contributed by atoms with Crippen LogP contribution in [0.5, 0.6) is 11.5 Å². The van der Waals surface area contributed by atoms with Crippen molar-refractivity contribution in [1.29, 1.82) is 0 Å². The third-order valence-corrected chi connectivity index (χ3v) is 6.61. The molecule has 0 aliphatic heterocycles. The number of hydrogen-bond acceptors (Lipinski definition) is 4. The molecule has 0 aliphatic rings. The average molecular weight is 554 g/mol. The topological polar surface area (TPSA) is 68.7 Å². The molecule has 0 saturated carbocycles. The van der Waals surface area contributed by atoms with Gasteiger partial charge in [-0.05, 0) is 44.8 Å². The third-order valence-electron chi connectivity index (χ3n) is 5.99. The minimum Gasteiger partial charge on any atom is -0.488 e. The van der Waals surface area contributed by atoms with Crippen LogP contribution in [0.15, 0.2) is 108 Å². The van der Waals surface area contributed by atoms with Crippen LogP contribution in [-0.2, 0) is 19.6 Å². The summed E-state index contributed by atoms with van der Waals surface area (Å²) in [6.07, 6.45) is 0.367. The molecule has 0 amide bonds. The lowest BCUT2D eigenvalue weighted by molar-refractivity contribution is 0.0689. The SMILES string of the molecule is O=C(O)c1nc2c(OCc3ccccc3)c(Br)ccc2c(OCc2ccccc2)c1Cc1ccccc1. The number of pyridine rings is 1. The van der Waals surface area contributed by atoms with E-state index >= 15 is 0 Å². The van der Waals surface area contributed by atoms with E-state index in [4.69, 9.17) is 9.47 Å². The largest absolute Gasteiger partial charge is 0.488 e. The smallest absolute Gasteiger partial charge is 0.354 e. The second-order valence-electron chi connectivity index (χ2n) is 8.56. The molecule has 0 saturated heterocycles. The molecule has 0 aliphatic carbocycles.